The Morgan fingerprint density at radius 3 is 2.54 bits per heavy atom. The van der Waals surface area contributed by atoms with E-state index in [-0.39, 0.29) is 31.1 Å². The summed E-state index contributed by atoms with van der Waals surface area (Å²) < 4.78 is 5.97. The van der Waals surface area contributed by atoms with Crippen molar-refractivity contribution in [1.29, 1.82) is 0 Å². The molecule has 0 saturated carbocycles. The highest BCUT2D eigenvalue weighted by Gasteiger charge is 2.24. The number of nitrogens with zero attached hydrogens (tertiary/aromatic N) is 2. The minimum atomic E-state index is -0.728. The second-order valence-corrected chi connectivity index (χ2v) is 7.89. The van der Waals surface area contributed by atoms with Gasteiger partial charge in [-0.25, -0.2) is 9.59 Å². The van der Waals surface area contributed by atoms with Gasteiger partial charge in [0.05, 0.1) is 25.8 Å². The average Bonchev–Trinajstić information content (AvgIpc) is 2.87. The van der Waals surface area contributed by atoms with E-state index in [2.05, 4.69) is 10.3 Å². The van der Waals surface area contributed by atoms with E-state index in [0.717, 1.165) is 12.0 Å². The van der Waals surface area contributed by atoms with E-state index >= 15 is 0 Å². The lowest BCUT2D eigenvalue weighted by Crippen LogP contribution is -2.43. The Morgan fingerprint density at radius 1 is 1.11 bits per heavy atom. The zero-order valence-corrected chi connectivity index (χ0v) is 19.7. The Balaban J connectivity index is 1.90. The molecular weight excluding hydrogens is 450 g/mol. The third-order valence-electron chi connectivity index (χ3n) is 5.43. The van der Waals surface area contributed by atoms with Crippen LogP contribution < -0.4 is 27.2 Å². The first-order valence-electron chi connectivity index (χ1n) is 11.2. The van der Waals surface area contributed by atoms with Crippen LogP contribution in [-0.2, 0) is 16.1 Å². The normalized spacial score (nSPS) is 10.6. The summed E-state index contributed by atoms with van der Waals surface area (Å²) in [7, 11) is 1.29. The van der Waals surface area contributed by atoms with Gasteiger partial charge in [0.1, 0.15) is 5.82 Å². The first-order valence-corrected chi connectivity index (χ1v) is 11.2. The Labute approximate surface area is 202 Å². The largest absolute Gasteiger partial charge is 0.465 e. The van der Waals surface area contributed by atoms with Crippen molar-refractivity contribution in [2.75, 3.05) is 36.1 Å². The summed E-state index contributed by atoms with van der Waals surface area (Å²) in [5.41, 5.74) is 6.54. The van der Waals surface area contributed by atoms with Crippen LogP contribution in [0.1, 0.15) is 35.7 Å². The summed E-state index contributed by atoms with van der Waals surface area (Å²) in [6, 6.07) is 15.7. The summed E-state index contributed by atoms with van der Waals surface area (Å²) in [5, 5.41) is 2.97. The summed E-state index contributed by atoms with van der Waals surface area (Å²) >= 11 is 0. The van der Waals surface area contributed by atoms with Crippen LogP contribution in [0.3, 0.4) is 0 Å². The van der Waals surface area contributed by atoms with Crippen LogP contribution in [0.15, 0.2) is 64.2 Å². The van der Waals surface area contributed by atoms with Gasteiger partial charge in [-0.3, -0.25) is 19.1 Å². The van der Waals surface area contributed by atoms with E-state index in [4.69, 9.17) is 10.5 Å². The van der Waals surface area contributed by atoms with Gasteiger partial charge >= 0.3 is 11.7 Å². The van der Waals surface area contributed by atoms with Gasteiger partial charge in [-0.1, -0.05) is 49.7 Å². The van der Waals surface area contributed by atoms with Crippen LogP contribution in [0.25, 0.3) is 0 Å². The number of hydrogen-bond acceptors (Lipinski definition) is 7. The molecule has 0 radical (unpaired) electrons. The predicted octanol–water partition coefficient (Wildman–Crippen LogP) is 2.20. The highest BCUT2D eigenvalue weighted by Crippen LogP contribution is 2.19. The molecule has 2 aromatic carbocycles. The van der Waals surface area contributed by atoms with Crippen molar-refractivity contribution < 1.29 is 14.3 Å². The number of aromatic amines is 1. The van der Waals surface area contributed by atoms with Gasteiger partial charge in [-0.2, -0.15) is 0 Å². The fraction of sp³-hybridized carbons (Fsp3) is 0.280. The van der Waals surface area contributed by atoms with Crippen molar-refractivity contribution in [3.63, 3.8) is 0 Å². The molecule has 1 amide bonds. The molecule has 0 bridgehead atoms. The molecule has 4 N–H and O–H groups in total. The number of methoxy groups -OCH3 is 1. The molecule has 0 spiro atoms. The number of nitrogens with two attached hydrogens (primary N) is 1. The number of amides is 1. The third-order valence-corrected chi connectivity index (χ3v) is 5.43. The molecule has 0 aliphatic carbocycles. The molecule has 0 atom stereocenters. The van der Waals surface area contributed by atoms with Crippen molar-refractivity contribution in [2.24, 2.45) is 0 Å². The maximum atomic E-state index is 13.2. The molecule has 0 unspecified atom stereocenters. The molecule has 35 heavy (non-hydrogen) atoms. The molecule has 0 fully saturated rings. The number of nitrogen functional groups attached to an aromatic ring is 1. The number of rotatable bonds is 10. The quantitative estimate of drug-likeness (QED) is 0.379. The predicted molar refractivity (Wildman–Crippen MR) is 135 cm³/mol. The van der Waals surface area contributed by atoms with E-state index in [1.807, 2.05) is 37.3 Å². The van der Waals surface area contributed by atoms with Crippen LogP contribution in [0, 0.1) is 0 Å². The highest BCUT2D eigenvalue weighted by atomic mass is 16.5. The lowest BCUT2D eigenvalue weighted by molar-refractivity contribution is -0.117. The molecule has 1 heterocycles. The first-order chi connectivity index (χ1) is 16.8. The second kappa shape index (κ2) is 11.7. The third kappa shape index (κ3) is 6.17. The average molecular weight is 480 g/mol. The minimum Gasteiger partial charge on any atom is -0.465 e. The van der Waals surface area contributed by atoms with Crippen molar-refractivity contribution >= 4 is 29.1 Å². The molecule has 0 saturated heterocycles. The van der Waals surface area contributed by atoms with Crippen molar-refractivity contribution in [3.05, 3.63) is 86.6 Å². The Kier molecular flexibility index (Phi) is 8.44. The van der Waals surface area contributed by atoms with Crippen LogP contribution >= 0.6 is 0 Å². The molecule has 184 valence electrons. The smallest absolute Gasteiger partial charge is 0.337 e. The number of anilines is 3. The Hall–Kier alpha value is -4.34. The number of unbranched alkanes of at least 4 members (excludes halogenated alkanes) is 1. The lowest BCUT2D eigenvalue weighted by atomic mass is 10.2. The van der Waals surface area contributed by atoms with E-state index in [1.54, 1.807) is 24.3 Å². The molecule has 10 nitrogen and oxygen atoms in total. The summed E-state index contributed by atoms with van der Waals surface area (Å²) in [5.74, 6) is -0.992. The minimum absolute atomic E-state index is 0.0657. The van der Waals surface area contributed by atoms with Gasteiger partial charge in [-0.05, 0) is 30.2 Å². The second-order valence-electron chi connectivity index (χ2n) is 7.89. The van der Waals surface area contributed by atoms with Crippen molar-refractivity contribution in [3.8, 4) is 0 Å². The maximum absolute atomic E-state index is 13.2. The highest BCUT2D eigenvalue weighted by molar-refractivity contribution is 5.98. The van der Waals surface area contributed by atoms with E-state index in [9.17, 15) is 19.2 Å². The molecule has 3 rings (SSSR count). The van der Waals surface area contributed by atoms with E-state index in [1.165, 1.54) is 16.6 Å². The SMILES string of the molecule is CCCCN(C(=O)CNc1cccc(C(=O)OC)c1)c1c(N)n(Cc2ccccc2)c(=O)[nH]c1=O. The van der Waals surface area contributed by atoms with Crippen LogP contribution in [0.4, 0.5) is 17.2 Å². The fourth-order valence-electron chi connectivity index (χ4n) is 3.59. The standard InChI is InChI=1S/C25H29N5O5/c1-3-4-13-29(20(31)15-27-19-12-8-11-18(14-19)24(33)35-2)21-22(26)30(25(34)28-23(21)32)16-17-9-6-5-7-10-17/h5-12,14,27H,3-4,13,15-16,26H2,1-2H3,(H,28,32,34). The first kappa shape index (κ1) is 25.3. The molecule has 0 aliphatic heterocycles. The lowest BCUT2D eigenvalue weighted by Gasteiger charge is -2.25. The number of ether oxygens (including phenoxy) is 1. The Morgan fingerprint density at radius 2 is 1.86 bits per heavy atom. The number of aromatic nitrogens is 2. The van der Waals surface area contributed by atoms with Crippen LogP contribution in [0.5, 0.6) is 0 Å². The number of esters is 1. The number of benzene rings is 2. The number of hydrogen-bond donors (Lipinski definition) is 3. The van der Waals surface area contributed by atoms with Crippen LogP contribution in [0.2, 0.25) is 0 Å². The van der Waals surface area contributed by atoms with Gasteiger partial charge in [0, 0.05) is 12.2 Å². The van der Waals surface area contributed by atoms with Gasteiger partial charge in [0.25, 0.3) is 5.56 Å². The van der Waals surface area contributed by atoms with E-state index in [0.29, 0.717) is 17.7 Å². The molecule has 10 heteroatoms. The van der Waals surface area contributed by atoms with Crippen LogP contribution in [-0.4, -0.2) is 41.6 Å². The van der Waals surface area contributed by atoms with Gasteiger partial charge in [-0.15, -0.1) is 0 Å². The van der Waals surface area contributed by atoms with Crippen molar-refractivity contribution in [2.45, 2.75) is 26.3 Å². The molecular formula is C25H29N5O5. The number of carbonyl (C=O) groups is 2. The number of H-pyrrole nitrogens is 1. The van der Waals surface area contributed by atoms with Gasteiger partial charge in [0.2, 0.25) is 5.91 Å². The molecule has 0 aliphatic rings. The topological polar surface area (TPSA) is 140 Å². The molecule has 3 aromatic rings. The molecule has 1 aromatic heterocycles. The zero-order chi connectivity index (χ0) is 25.4. The maximum Gasteiger partial charge on any atom is 0.337 e. The monoisotopic (exact) mass is 479 g/mol. The number of carbonyl (C=O) groups excluding carboxylic acids is 2. The van der Waals surface area contributed by atoms with Gasteiger partial charge in [0.15, 0.2) is 5.69 Å². The summed E-state index contributed by atoms with van der Waals surface area (Å²) in [4.78, 5) is 53.9. The fourth-order valence-corrected chi connectivity index (χ4v) is 3.59. The summed E-state index contributed by atoms with van der Waals surface area (Å²) in [6.45, 7) is 2.19. The van der Waals surface area contributed by atoms with Crippen molar-refractivity contribution in [1.82, 2.24) is 9.55 Å². The summed E-state index contributed by atoms with van der Waals surface area (Å²) in [6.07, 6.45) is 1.40. The zero-order valence-electron chi connectivity index (χ0n) is 19.7. The Bertz CT molecular complexity index is 1300. The van der Waals surface area contributed by atoms with E-state index < -0.39 is 23.1 Å². The number of nitrogens with one attached hydrogen (secondary N) is 2. The van der Waals surface area contributed by atoms with Gasteiger partial charge < -0.3 is 20.7 Å².